The summed E-state index contributed by atoms with van der Waals surface area (Å²) in [6.45, 7) is 4.33. The third kappa shape index (κ3) is 2.88. The van der Waals surface area contributed by atoms with E-state index >= 15 is 0 Å². The third-order valence-corrected chi connectivity index (χ3v) is 5.47. The van der Waals surface area contributed by atoms with E-state index in [4.69, 9.17) is 10.2 Å². The fourth-order valence-corrected chi connectivity index (χ4v) is 3.88. The Bertz CT molecular complexity index is 1200. The average molecular weight is 371 g/mol. The normalized spacial score (nSPS) is 15.8. The first-order chi connectivity index (χ1) is 13.7. The van der Waals surface area contributed by atoms with Gasteiger partial charge in [0.15, 0.2) is 5.82 Å². The van der Waals surface area contributed by atoms with Crippen molar-refractivity contribution in [3.8, 4) is 17.6 Å². The van der Waals surface area contributed by atoms with E-state index < -0.39 is 0 Å². The smallest absolute Gasteiger partial charge is 0.159 e. The lowest BCUT2D eigenvalue weighted by molar-refractivity contribution is 0.360. The van der Waals surface area contributed by atoms with Crippen LogP contribution in [0.4, 0.5) is 5.69 Å². The summed E-state index contributed by atoms with van der Waals surface area (Å²) < 4.78 is 0. The highest BCUT2D eigenvalue weighted by atomic mass is 15.2. The summed E-state index contributed by atoms with van der Waals surface area (Å²) in [5.41, 5.74) is 5.38. The maximum atomic E-state index is 9.07. The summed E-state index contributed by atoms with van der Waals surface area (Å²) >= 11 is 0. The SMILES string of the molecule is CN1CCCN(c2ccc3nc(-c4n[nH]c5cc(C#N)ccc45)[nH]c3c2)CC1. The molecular formula is C21H21N7. The van der Waals surface area contributed by atoms with Gasteiger partial charge < -0.3 is 14.8 Å². The molecule has 0 aliphatic carbocycles. The van der Waals surface area contributed by atoms with E-state index in [1.165, 1.54) is 12.1 Å². The Morgan fingerprint density at radius 2 is 1.96 bits per heavy atom. The van der Waals surface area contributed by atoms with Crippen molar-refractivity contribution in [2.75, 3.05) is 38.1 Å². The van der Waals surface area contributed by atoms with Gasteiger partial charge in [-0.15, -0.1) is 0 Å². The van der Waals surface area contributed by atoms with Crippen LogP contribution in [0.1, 0.15) is 12.0 Å². The van der Waals surface area contributed by atoms with E-state index in [2.05, 4.69) is 56.3 Å². The molecule has 1 aliphatic heterocycles. The van der Waals surface area contributed by atoms with Gasteiger partial charge >= 0.3 is 0 Å². The molecule has 7 nitrogen and oxygen atoms in total. The van der Waals surface area contributed by atoms with E-state index in [0.717, 1.165) is 59.6 Å². The minimum atomic E-state index is 0.611. The number of anilines is 1. The first-order valence-electron chi connectivity index (χ1n) is 9.53. The monoisotopic (exact) mass is 371 g/mol. The molecule has 28 heavy (non-hydrogen) atoms. The number of rotatable bonds is 2. The van der Waals surface area contributed by atoms with Gasteiger partial charge in [0.1, 0.15) is 5.69 Å². The van der Waals surface area contributed by atoms with Gasteiger partial charge in [-0.25, -0.2) is 4.98 Å². The summed E-state index contributed by atoms with van der Waals surface area (Å²) in [4.78, 5) is 13.0. The van der Waals surface area contributed by atoms with Crippen LogP contribution in [-0.4, -0.2) is 58.3 Å². The lowest BCUT2D eigenvalue weighted by Crippen LogP contribution is -2.28. The van der Waals surface area contributed by atoms with Gasteiger partial charge in [0, 0.05) is 30.7 Å². The molecule has 0 amide bonds. The van der Waals surface area contributed by atoms with Gasteiger partial charge in [-0.2, -0.15) is 10.4 Å². The lowest BCUT2D eigenvalue weighted by atomic mass is 10.1. The zero-order chi connectivity index (χ0) is 19.1. The number of benzene rings is 2. The van der Waals surface area contributed by atoms with Crippen LogP contribution in [0.15, 0.2) is 36.4 Å². The molecule has 1 aliphatic rings. The molecule has 3 heterocycles. The topological polar surface area (TPSA) is 87.6 Å². The molecule has 0 atom stereocenters. The Labute approximate surface area is 162 Å². The van der Waals surface area contributed by atoms with Crippen molar-refractivity contribution in [1.29, 1.82) is 5.26 Å². The largest absolute Gasteiger partial charge is 0.370 e. The van der Waals surface area contributed by atoms with Crippen molar-refractivity contribution in [2.45, 2.75) is 6.42 Å². The second-order valence-electron chi connectivity index (χ2n) is 7.38. The number of nitrogens with zero attached hydrogens (tertiary/aromatic N) is 5. The van der Waals surface area contributed by atoms with Crippen LogP contribution in [0.5, 0.6) is 0 Å². The predicted octanol–water partition coefficient (Wildman–Crippen LogP) is 3.12. The summed E-state index contributed by atoms with van der Waals surface area (Å²) in [6.07, 6.45) is 1.17. The molecule has 140 valence electrons. The number of likely N-dealkylation sites (N-methyl/N-ethyl adjacent to an activating group) is 1. The van der Waals surface area contributed by atoms with Crippen molar-refractivity contribution in [3.63, 3.8) is 0 Å². The molecule has 4 aromatic rings. The van der Waals surface area contributed by atoms with E-state index in [1.54, 1.807) is 6.07 Å². The number of hydrogen-bond acceptors (Lipinski definition) is 5. The maximum absolute atomic E-state index is 9.07. The number of H-pyrrole nitrogens is 2. The molecule has 2 aromatic carbocycles. The van der Waals surface area contributed by atoms with Gasteiger partial charge in [-0.05, 0) is 56.4 Å². The molecule has 0 radical (unpaired) electrons. The fourth-order valence-electron chi connectivity index (χ4n) is 3.88. The van der Waals surface area contributed by atoms with Crippen LogP contribution in [0.3, 0.4) is 0 Å². The second kappa shape index (κ2) is 6.66. The zero-order valence-corrected chi connectivity index (χ0v) is 15.7. The Kier molecular flexibility index (Phi) is 3.99. The van der Waals surface area contributed by atoms with Gasteiger partial charge in [-0.1, -0.05) is 0 Å². The van der Waals surface area contributed by atoms with E-state index in [0.29, 0.717) is 5.56 Å². The van der Waals surface area contributed by atoms with Crippen LogP contribution in [0, 0.1) is 11.3 Å². The van der Waals surface area contributed by atoms with Crippen LogP contribution in [0.25, 0.3) is 33.5 Å². The standard InChI is InChI=1S/C21H21N7/c1-27-7-2-8-28(10-9-27)15-4-6-17-19(12-15)24-21(23-17)20-16-5-3-14(13-22)11-18(16)25-26-20/h3-6,11-12H,2,7-10H2,1H3,(H,23,24)(H,25,26). The molecule has 7 heteroatoms. The number of nitriles is 1. The first kappa shape index (κ1) is 16.8. The van der Waals surface area contributed by atoms with Gasteiger partial charge in [-0.3, -0.25) is 5.10 Å². The molecule has 2 N–H and O–H groups in total. The summed E-state index contributed by atoms with van der Waals surface area (Å²) in [5.74, 6) is 0.735. The number of fused-ring (bicyclic) bond motifs is 2. The molecule has 1 saturated heterocycles. The summed E-state index contributed by atoms with van der Waals surface area (Å²) in [5, 5.41) is 17.5. The Morgan fingerprint density at radius 3 is 2.86 bits per heavy atom. The van der Waals surface area contributed by atoms with E-state index in [1.807, 2.05) is 12.1 Å². The number of aromatic amines is 2. The Balaban J connectivity index is 1.51. The molecule has 0 bridgehead atoms. The Morgan fingerprint density at radius 1 is 1.04 bits per heavy atom. The van der Waals surface area contributed by atoms with Crippen molar-refractivity contribution in [2.24, 2.45) is 0 Å². The molecule has 1 fully saturated rings. The highest BCUT2D eigenvalue weighted by Crippen LogP contribution is 2.28. The lowest BCUT2D eigenvalue weighted by Gasteiger charge is -2.22. The molecule has 0 unspecified atom stereocenters. The van der Waals surface area contributed by atoms with E-state index in [-0.39, 0.29) is 0 Å². The van der Waals surface area contributed by atoms with Gasteiger partial charge in [0.05, 0.1) is 28.2 Å². The van der Waals surface area contributed by atoms with Crippen LogP contribution in [0.2, 0.25) is 0 Å². The van der Waals surface area contributed by atoms with Gasteiger partial charge in [0.25, 0.3) is 0 Å². The number of aromatic nitrogens is 4. The minimum absolute atomic E-state index is 0.611. The number of imidazole rings is 1. The highest BCUT2D eigenvalue weighted by Gasteiger charge is 2.16. The fraction of sp³-hybridized carbons (Fsp3) is 0.286. The van der Waals surface area contributed by atoms with Crippen molar-refractivity contribution in [1.82, 2.24) is 25.1 Å². The molecule has 5 rings (SSSR count). The van der Waals surface area contributed by atoms with Crippen molar-refractivity contribution in [3.05, 3.63) is 42.0 Å². The number of hydrogen-bond donors (Lipinski definition) is 2. The third-order valence-electron chi connectivity index (χ3n) is 5.47. The quantitative estimate of drug-likeness (QED) is 0.565. The summed E-state index contributed by atoms with van der Waals surface area (Å²) in [7, 11) is 2.18. The van der Waals surface area contributed by atoms with Crippen LogP contribution >= 0.6 is 0 Å². The predicted molar refractivity (Wildman–Crippen MR) is 110 cm³/mol. The summed E-state index contributed by atoms with van der Waals surface area (Å²) in [6, 6.07) is 14.1. The molecule has 0 spiro atoms. The zero-order valence-electron chi connectivity index (χ0n) is 15.7. The molecule has 2 aromatic heterocycles. The van der Waals surface area contributed by atoms with Gasteiger partial charge in [0.2, 0.25) is 0 Å². The number of nitrogens with one attached hydrogen (secondary N) is 2. The first-order valence-corrected chi connectivity index (χ1v) is 9.53. The molecule has 0 saturated carbocycles. The second-order valence-corrected chi connectivity index (χ2v) is 7.38. The van der Waals surface area contributed by atoms with Crippen molar-refractivity contribution >= 4 is 27.6 Å². The molecular weight excluding hydrogens is 350 g/mol. The minimum Gasteiger partial charge on any atom is -0.370 e. The van der Waals surface area contributed by atoms with Crippen LogP contribution in [-0.2, 0) is 0 Å². The maximum Gasteiger partial charge on any atom is 0.159 e. The van der Waals surface area contributed by atoms with E-state index in [9.17, 15) is 0 Å². The Hall–Kier alpha value is -3.37. The van der Waals surface area contributed by atoms with Crippen LogP contribution < -0.4 is 4.90 Å². The van der Waals surface area contributed by atoms with Crippen molar-refractivity contribution < 1.29 is 0 Å². The average Bonchev–Trinajstić information content (AvgIpc) is 3.26. The highest BCUT2D eigenvalue weighted by molar-refractivity contribution is 5.94.